The van der Waals surface area contributed by atoms with Gasteiger partial charge in [0.1, 0.15) is 12.4 Å². The van der Waals surface area contributed by atoms with Gasteiger partial charge in [-0.2, -0.15) is 14.8 Å². The number of carbonyl (C=O) groups is 2. The highest BCUT2D eigenvalue weighted by Crippen LogP contribution is 2.28. The summed E-state index contributed by atoms with van der Waals surface area (Å²) in [4.78, 5) is 34.8. The Labute approximate surface area is 261 Å². The van der Waals surface area contributed by atoms with Crippen LogP contribution in [0.2, 0.25) is 0 Å². The fourth-order valence-electron chi connectivity index (χ4n) is 5.04. The monoisotopic (exact) mass is 648 g/mol. The molecule has 238 valence electrons. The molecule has 1 aromatic heterocycles. The second-order valence-corrected chi connectivity index (χ2v) is 12.4. The highest BCUT2D eigenvalue weighted by molar-refractivity contribution is 7.89. The van der Waals surface area contributed by atoms with E-state index in [2.05, 4.69) is 25.3 Å². The van der Waals surface area contributed by atoms with Crippen molar-refractivity contribution < 1.29 is 27.3 Å². The Morgan fingerprint density at radius 3 is 2.70 bits per heavy atom. The Morgan fingerprint density at radius 1 is 1.23 bits per heavy atom. The predicted molar refractivity (Wildman–Crippen MR) is 164 cm³/mol. The number of fused-ring (bicyclic) bond motifs is 1. The van der Waals surface area contributed by atoms with E-state index in [-0.39, 0.29) is 42.5 Å². The molecule has 0 radical (unpaired) electrons. The molecule has 5 rings (SSSR count). The summed E-state index contributed by atoms with van der Waals surface area (Å²) in [7, 11) is -4.17. The first kappa shape index (κ1) is 33.1. The number of ether oxygens (including phenoxy) is 1. The van der Waals surface area contributed by atoms with Crippen molar-refractivity contribution in [3.63, 3.8) is 0 Å². The summed E-state index contributed by atoms with van der Waals surface area (Å²) < 4.78 is 40.4. The second-order valence-electron chi connectivity index (χ2n) is 10.7. The molecule has 1 saturated carbocycles. The lowest BCUT2D eigenvalue weighted by atomic mass is 10.1. The van der Waals surface area contributed by atoms with Crippen LogP contribution in [-0.4, -0.2) is 97.5 Å². The number of nitrogens with two attached hydrogens (primary N) is 1. The van der Waals surface area contributed by atoms with Gasteiger partial charge in [0.05, 0.1) is 24.0 Å². The molecule has 2 amide bonds. The molecular formula is C28H37ClN8O6S. The summed E-state index contributed by atoms with van der Waals surface area (Å²) in [6.07, 6.45) is 2.70. The van der Waals surface area contributed by atoms with Crippen molar-refractivity contribution in [2.24, 2.45) is 10.9 Å². The van der Waals surface area contributed by atoms with Crippen LogP contribution in [0.5, 0.6) is 0 Å². The Bertz CT molecular complexity index is 1580. The average Bonchev–Trinajstić information content (AvgIpc) is 3.75. The van der Waals surface area contributed by atoms with Crippen LogP contribution in [0.1, 0.15) is 31.0 Å². The zero-order valence-corrected chi connectivity index (χ0v) is 25.9. The quantitative estimate of drug-likeness (QED) is 0.104. The number of hydrogen-bond acceptors (Lipinski definition) is 10. The van der Waals surface area contributed by atoms with Gasteiger partial charge in [-0.1, -0.05) is 35.5 Å². The summed E-state index contributed by atoms with van der Waals surface area (Å²) in [5.41, 5.74) is 0. The van der Waals surface area contributed by atoms with Crippen molar-refractivity contribution in [1.82, 2.24) is 30.0 Å². The number of sulfonamides is 1. The van der Waals surface area contributed by atoms with E-state index in [1.165, 1.54) is 12.4 Å². The number of aryl methyl sites for hydroxylation is 1. The number of halogens is 1. The lowest BCUT2D eigenvalue weighted by molar-refractivity contribution is -0.136. The lowest BCUT2D eigenvalue weighted by Gasteiger charge is -2.31. The first-order chi connectivity index (χ1) is 20.7. The number of amides is 2. The Balaban J connectivity index is 0.00000442. The number of aromatic nitrogens is 2. The van der Waals surface area contributed by atoms with Crippen molar-refractivity contribution >= 4 is 51.4 Å². The summed E-state index contributed by atoms with van der Waals surface area (Å²) in [5.74, 6) is 5.14. The summed E-state index contributed by atoms with van der Waals surface area (Å²) in [5, 5.41) is 11.8. The van der Waals surface area contributed by atoms with E-state index >= 15 is 0 Å². The molecular weight excluding hydrogens is 612 g/mol. The average molecular weight is 649 g/mol. The first-order valence-corrected chi connectivity index (χ1v) is 15.7. The van der Waals surface area contributed by atoms with Gasteiger partial charge >= 0.3 is 0 Å². The number of rotatable bonds is 13. The van der Waals surface area contributed by atoms with E-state index in [1.807, 2.05) is 29.2 Å². The number of nitrogens with zero attached hydrogens (tertiary/aromatic N) is 5. The molecule has 2 fully saturated rings. The molecule has 3 aromatic rings. The first-order valence-electron chi connectivity index (χ1n) is 14.2. The van der Waals surface area contributed by atoms with Gasteiger partial charge in [0.25, 0.3) is 0 Å². The van der Waals surface area contributed by atoms with Crippen molar-refractivity contribution in [3.8, 4) is 0 Å². The second kappa shape index (κ2) is 14.8. The maximum atomic E-state index is 13.9. The van der Waals surface area contributed by atoms with Gasteiger partial charge in [-0.25, -0.2) is 8.42 Å². The molecule has 2 aromatic carbocycles. The number of hydrazone groups is 1. The minimum absolute atomic E-state index is 0. The van der Waals surface area contributed by atoms with Gasteiger partial charge in [-0.15, -0.1) is 12.4 Å². The third kappa shape index (κ3) is 8.65. The van der Waals surface area contributed by atoms with Gasteiger partial charge in [0.2, 0.25) is 27.7 Å². The molecule has 2 heterocycles. The van der Waals surface area contributed by atoms with Crippen LogP contribution in [0.4, 0.5) is 0 Å². The van der Waals surface area contributed by atoms with E-state index in [9.17, 15) is 18.0 Å². The molecule has 1 saturated heterocycles. The van der Waals surface area contributed by atoms with Crippen molar-refractivity contribution in [1.29, 1.82) is 0 Å². The molecule has 4 N–H and O–H groups in total. The number of carbonyl (C=O) groups excluding carboxylic acids is 2. The minimum atomic E-state index is -4.17. The van der Waals surface area contributed by atoms with Crippen LogP contribution in [0.3, 0.4) is 0 Å². The molecule has 2 unspecified atom stereocenters. The highest BCUT2D eigenvalue weighted by Gasteiger charge is 2.38. The van der Waals surface area contributed by atoms with Crippen molar-refractivity contribution in [2.45, 2.75) is 55.7 Å². The molecule has 44 heavy (non-hydrogen) atoms. The molecule has 2 aliphatic rings. The summed E-state index contributed by atoms with van der Waals surface area (Å²) >= 11 is 0. The standard InChI is InChI=1S/C28H36N8O6S.ClH/c1-19-32-26(33-42-19)10-11-36(22-7-8-22)28(38)25(15-27(37)30-16-23-17-35(18-31-29)12-13-41-23)34-43(39,40)24-9-6-20-4-2-3-5-21(20)14-24;/h2-6,9,14,18,22-23,25,34H,7-8,10-13,15-17,29H2,1H3,(H,30,37);1H. The zero-order chi connectivity index (χ0) is 30.4. The molecule has 1 aliphatic carbocycles. The Hall–Kier alpha value is -3.79. The van der Waals surface area contributed by atoms with Crippen LogP contribution in [-0.2, 0) is 30.8 Å². The van der Waals surface area contributed by atoms with Crippen LogP contribution < -0.4 is 15.9 Å². The summed E-state index contributed by atoms with van der Waals surface area (Å²) in [6, 6.07) is 10.7. The van der Waals surface area contributed by atoms with E-state index in [0.29, 0.717) is 37.8 Å². The van der Waals surface area contributed by atoms with Crippen molar-refractivity contribution in [2.75, 3.05) is 32.8 Å². The number of hydrogen-bond donors (Lipinski definition) is 3. The third-order valence-corrected chi connectivity index (χ3v) is 8.83. The fraction of sp³-hybridized carbons (Fsp3) is 0.464. The molecule has 14 nitrogen and oxygen atoms in total. The van der Waals surface area contributed by atoms with Gasteiger partial charge in [-0.05, 0) is 35.7 Å². The van der Waals surface area contributed by atoms with E-state index < -0.39 is 34.3 Å². The fourth-order valence-corrected chi connectivity index (χ4v) is 6.27. The van der Waals surface area contributed by atoms with Gasteiger partial charge in [0.15, 0.2) is 5.82 Å². The highest BCUT2D eigenvalue weighted by atomic mass is 35.5. The van der Waals surface area contributed by atoms with E-state index in [1.54, 1.807) is 24.0 Å². The summed E-state index contributed by atoms with van der Waals surface area (Å²) in [6.45, 7) is 3.65. The predicted octanol–water partition coefficient (Wildman–Crippen LogP) is 0.943. The lowest BCUT2D eigenvalue weighted by Crippen LogP contribution is -2.52. The Kier molecular flexibility index (Phi) is 11.1. The minimum Gasteiger partial charge on any atom is -0.373 e. The topological polar surface area (TPSA) is 185 Å². The van der Waals surface area contributed by atoms with Gasteiger partial charge in [-0.3, -0.25) is 9.59 Å². The van der Waals surface area contributed by atoms with Crippen molar-refractivity contribution in [3.05, 3.63) is 54.2 Å². The molecule has 0 bridgehead atoms. The van der Waals surface area contributed by atoms with E-state index in [4.69, 9.17) is 15.1 Å². The van der Waals surface area contributed by atoms with Crippen LogP contribution in [0.25, 0.3) is 10.8 Å². The van der Waals surface area contributed by atoms with E-state index in [0.717, 1.165) is 23.6 Å². The molecule has 0 spiro atoms. The van der Waals surface area contributed by atoms with Crippen LogP contribution >= 0.6 is 12.4 Å². The molecule has 16 heteroatoms. The maximum Gasteiger partial charge on any atom is 0.241 e. The number of morpholine rings is 1. The normalized spacial score (nSPS) is 17.8. The maximum absolute atomic E-state index is 13.9. The Morgan fingerprint density at radius 2 is 2.00 bits per heavy atom. The SMILES string of the molecule is Cc1nc(CCN(C(=O)C(CC(=O)NCC2CN(C=NN)CCO2)NS(=O)(=O)c2ccc3ccccc3c2)C2CC2)no1.Cl. The largest absolute Gasteiger partial charge is 0.373 e. The van der Waals surface area contributed by atoms with Gasteiger partial charge < -0.3 is 30.2 Å². The van der Waals surface area contributed by atoms with Crippen LogP contribution in [0, 0.1) is 6.92 Å². The third-order valence-electron chi connectivity index (χ3n) is 7.36. The zero-order valence-electron chi connectivity index (χ0n) is 24.3. The number of benzene rings is 2. The van der Waals surface area contributed by atoms with Crippen LogP contribution in [0.15, 0.2) is 57.0 Å². The van der Waals surface area contributed by atoms with Gasteiger partial charge in [0, 0.05) is 45.6 Å². The number of nitrogens with one attached hydrogen (secondary N) is 2. The molecule has 1 aliphatic heterocycles. The smallest absolute Gasteiger partial charge is 0.241 e. The molecule has 2 atom stereocenters.